The molecule has 0 spiro atoms. The van der Waals surface area contributed by atoms with Gasteiger partial charge in [0.05, 0.1) is 0 Å². The summed E-state index contributed by atoms with van der Waals surface area (Å²) in [5.74, 6) is 0.877. The first-order valence-electron chi connectivity index (χ1n) is 4.23. The average Bonchev–Trinajstić information content (AvgIpc) is 1.97. The quantitative estimate of drug-likeness (QED) is 0.402. The fourth-order valence-electron chi connectivity index (χ4n) is 0.932. The predicted octanol–water partition coefficient (Wildman–Crippen LogP) is 7.22. The molecule has 12 heteroatoms. The van der Waals surface area contributed by atoms with E-state index in [1.165, 1.54) is 0 Å². The van der Waals surface area contributed by atoms with E-state index in [4.69, 9.17) is 0 Å². The Kier molecular flexibility index (Phi) is 5.11. The van der Waals surface area contributed by atoms with Crippen LogP contribution in [0.4, 0.5) is 16.8 Å². The van der Waals surface area contributed by atoms with Gasteiger partial charge >= 0.3 is 15.7 Å². The van der Waals surface area contributed by atoms with Crippen LogP contribution in [0.15, 0.2) is 13.5 Å². The minimum absolute atomic E-state index is 0.438. The topological polar surface area (TPSA) is 37.1 Å². The van der Waals surface area contributed by atoms with E-state index in [0.717, 1.165) is 22.8 Å². The number of hydrogen-bond donors (Lipinski definition) is 0. The Labute approximate surface area is 99.9 Å². The molecular formula is C4H10F4N3P3S2. The lowest BCUT2D eigenvalue weighted by Crippen LogP contribution is -1.76. The van der Waals surface area contributed by atoms with Crippen LogP contribution in [0.3, 0.4) is 0 Å². The van der Waals surface area contributed by atoms with Gasteiger partial charge in [-0.25, -0.2) is 0 Å². The fraction of sp³-hybridized carbons (Fsp3) is 1.00. The Hall–Kier alpha value is 1.11. The first-order valence-corrected chi connectivity index (χ1v) is 12.1. The Morgan fingerprint density at radius 2 is 1.25 bits per heavy atom. The molecule has 0 atom stereocenters. The minimum Gasteiger partial charge on any atom is -0.165 e. The van der Waals surface area contributed by atoms with Crippen molar-refractivity contribution in [2.45, 2.75) is 13.8 Å². The molecule has 0 aromatic heterocycles. The molecule has 1 heterocycles. The van der Waals surface area contributed by atoms with Gasteiger partial charge in [-0.3, -0.25) is 0 Å². The third kappa shape index (κ3) is 4.09. The maximum absolute atomic E-state index is 13.1. The van der Waals surface area contributed by atoms with E-state index >= 15 is 0 Å². The van der Waals surface area contributed by atoms with Crippen LogP contribution < -0.4 is 0 Å². The van der Waals surface area contributed by atoms with Crippen molar-refractivity contribution in [2.75, 3.05) is 11.5 Å². The van der Waals surface area contributed by atoms with Crippen molar-refractivity contribution in [3.63, 3.8) is 0 Å². The molecule has 0 aromatic carbocycles. The summed E-state index contributed by atoms with van der Waals surface area (Å²) in [6.07, 6.45) is 0. The van der Waals surface area contributed by atoms with Crippen LogP contribution in [0.5, 0.6) is 0 Å². The van der Waals surface area contributed by atoms with Gasteiger partial charge in [0.2, 0.25) is 0 Å². The third-order valence-electron chi connectivity index (χ3n) is 1.25. The lowest BCUT2D eigenvalue weighted by atomic mass is 11.0. The van der Waals surface area contributed by atoms with Crippen LogP contribution in [0.25, 0.3) is 0 Å². The maximum Gasteiger partial charge on any atom is 0.422 e. The molecule has 1 aliphatic heterocycles. The largest absolute Gasteiger partial charge is 0.422 e. The molecule has 0 aliphatic carbocycles. The van der Waals surface area contributed by atoms with Gasteiger partial charge in [0, 0.05) is 0 Å². The van der Waals surface area contributed by atoms with E-state index in [-0.39, 0.29) is 0 Å². The Bertz CT molecular complexity index is 409. The molecule has 0 bridgehead atoms. The van der Waals surface area contributed by atoms with Crippen LogP contribution in [0.1, 0.15) is 13.8 Å². The molecule has 3 nitrogen and oxygen atoms in total. The van der Waals surface area contributed by atoms with Crippen molar-refractivity contribution in [1.29, 1.82) is 0 Å². The predicted molar refractivity (Wildman–Crippen MR) is 68.7 cm³/mol. The molecule has 0 N–H and O–H groups in total. The van der Waals surface area contributed by atoms with Crippen molar-refractivity contribution in [2.24, 2.45) is 13.5 Å². The summed E-state index contributed by atoms with van der Waals surface area (Å²) >= 11 is 2.01. The SMILES string of the molecule is CCSP1(SCC)=NP(F)(F)=NP(F)(F)=N1. The molecule has 0 aromatic rings. The lowest BCUT2D eigenvalue weighted by molar-refractivity contribution is 0.702. The van der Waals surface area contributed by atoms with Gasteiger partial charge in [0.1, 0.15) is 0 Å². The van der Waals surface area contributed by atoms with Gasteiger partial charge in [-0.1, -0.05) is 36.6 Å². The summed E-state index contributed by atoms with van der Waals surface area (Å²) in [7, 11) is -10.4. The fourth-order valence-corrected chi connectivity index (χ4v) is 16.9. The molecular weight excluding hydrogens is 323 g/mol. The van der Waals surface area contributed by atoms with E-state index in [9.17, 15) is 16.8 Å². The van der Waals surface area contributed by atoms with E-state index < -0.39 is 21.3 Å². The van der Waals surface area contributed by atoms with Crippen LogP contribution in [-0.4, -0.2) is 11.5 Å². The zero-order chi connectivity index (χ0) is 12.4. The monoisotopic (exact) mass is 333 g/mol. The highest BCUT2D eigenvalue weighted by Crippen LogP contribution is 2.88. The van der Waals surface area contributed by atoms with Crippen LogP contribution in [0, 0.1) is 0 Å². The normalized spacial score (nSPS) is 25.1. The smallest absolute Gasteiger partial charge is 0.165 e. The number of rotatable bonds is 4. The Balaban J connectivity index is 3.36. The molecule has 96 valence electrons. The second-order valence-electron chi connectivity index (χ2n) is 2.51. The van der Waals surface area contributed by atoms with Crippen molar-refractivity contribution in [1.82, 2.24) is 0 Å². The van der Waals surface area contributed by atoms with Crippen molar-refractivity contribution >= 4 is 44.0 Å². The van der Waals surface area contributed by atoms with Crippen molar-refractivity contribution in [3.8, 4) is 0 Å². The standard InChI is InChI=1S/C4H10F4N3P3S2/c1-3-15-14(16-4-2)10-12(5,6)9-13(7,8)11-14/h3-4H2,1-2H3. The highest BCUT2D eigenvalue weighted by molar-refractivity contribution is 8.91. The van der Waals surface area contributed by atoms with E-state index in [1.807, 2.05) is 0 Å². The average molecular weight is 333 g/mol. The summed E-state index contributed by atoms with van der Waals surface area (Å²) in [5.41, 5.74) is -3.04. The summed E-state index contributed by atoms with van der Waals surface area (Å²) in [5, 5.41) is 0. The maximum atomic E-state index is 13.1. The van der Waals surface area contributed by atoms with Gasteiger partial charge in [-0.15, -0.1) is 21.3 Å². The molecule has 0 unspecified atom stereocenters. The zero-order valence-electron chi connectivity index (χ0n) is 8.43. The van der Waals surface area contributed by atoms with Crippen LogP contribution in [0.2, 0.25) is 0 Å². The summed E-state index contributed by atoms with van der Waals surface area (Å²) in [6, 6.07) is 0. The molecule has 1 aliphatic rings. The van der Waals surface area contributed by atoms with Gasteiger partial charge in [0.15, 0.2) is 5.61 Å². The molecule has 0 amide bonds. The third-order valence-corrected chi connectivity index (χ3v) is 15.8. The second kappa shape index (κ2) is 5.40. The van der Waals surface area contributed by atoms with Crippen LogP contribution in [-0.2, 0) is 0 Å². The van der Waals surface area contributed by atoms with E-state index in [2.05, 4.69) is 13.5 Å². The van der Waals surface area contributed by atoms with Crippen molar-refractivity contribution in [3.05, 3.63) is 0 Å². The summed E-state index contributed by atoms with van der Waals surface area (Å²) in [6.45, 7) is 3.43. The molecule has 1 rings (SSSR count). The van der Waals surface area contributed by atoms with Crippen LogP contribution >= 0.6 is 44.0 Å². The van der Waals surface area contributed by atoms with Gasteiger partial charge < -0.3 is 0 Å². The Morgan fingerprint density at radius 3 is 1.62 bits per heavy atom. The number of hydrogen-bond acceptors (Lipinski definition) is 5. The van der Waals surface area contributed by atoms with Crippen molar-refractivity contribution < 1.29 is 16.8 Å². The summed E-state index contributed by atoms with van der Waals surface area (Å²) < 4.78 is 61.2. The molecule has 16 heavy (non-hydrogen) atoms. The highest BCUT2D eigenvalue weighted by Gasteiger charge is 2.38. The molecule has 0 saturated carbocycles. The van der Waals surface area contributed by atoms with Gasteiger partial charge in [-0.05, 0) is 11.5 Å². The first-order chi connectivity index (χ1) is 7.24. The van der Waals surface area contributed by atoms with E-state index in [0.29, 0.717) is 11.5 Å². The first kappa shape index (κ1) is 15.2. The van der Waals surface area contributed by atoms with Gasteiger partial charge in [-0.2, -0.15) is 9.03 Å². The summed E-state index contributed by atoms with van der Waals surface area (Å²) in [4.78, 5) is 0. The highest BCUT2D eigenvalue weighted by atomic mass is 33.1. The lowest BCUT2D eigenvalue weighted by Gasteiger charge is -2.21. The molecule has 0 fully saturated rings. The minimum atomic E-state index is -5.18. The van der Waals surface area contributed by atoms with E-state index in [1.54, 1.807) is 13.8 Å². The second-order valence-corrected chi connectivity index (χ2v) is 14.4. The molecule has 0 radical (unpaired) electrons. The Morgan fingerprint density at radius 1 is 0.812 bits per heavy atom. The molecule has 0 saturated heterocycles. The number of halogens is 4. The zero-order valence-corrected chi connectivity index (χ0v) is 12.7. The number of nitrogens with zero attached hydrogens (tertiary/aromatic N) is 3. The van der Waals surface area contributed by atoms with Gasteiger partial charge in [0.25, 0.3) is 0 Å².